The number of aliphatic hydroxyl groups excluding tert-OH is 2. The predicted octanol–water partition coefficient (Wildman–Crippen LogP) is 0.0202. The molecule has 0 aliphatic carbocycles. The molecule has 0 amide bonds. The van der Waals surface area contributed by atoms with Crippen molar-refractivity contribution in [1.82, 2.24) is 0 Å². The summed E-state index contributed by atoms with van der Waals surface area (Å²) >= 11 is 0. The topological polar surface area (TPSA) is 148 Å². The van der Waals surface area contributed by atoms with E-state index in [1.165, 1.54) is 0 Å². The number of aliphatic hydroxyl groups is 2. The molecule has 32 heavy (non-hydrogen) atoms. The number of ether oxygens (including phenoxy) is 6. The summed E-state index contributed by atoms with van der Waals surface area (Å²) in [4.78, 5) is 0. The van der Waals surface area contributed by atoms with Crippen LogP contribution >= 0.6 is 0 Å². The Hall–Kier alpha value is -1.50. The molecule has 0 aromatic heterocycles. The van der Waals surface area contributed by atoms with E-state index in [1.54, 1.807) is 0 Å². The van der Waals surface area contributed by atoms with Crippen molar-refractivity contribution in [2.24, 2.45) is 0 Å². The molecule has 0 heterocycles. The highest BCUT2D eigenvalue weighted by atomic mass is 16.6. The fourth-order valence-electron chi connectivity index (χ4n) is 2.88. The highest BCUT2D eigenvalue weighted by Crippen LogP contribution is 2.24. The van der Waals surface area contributed by atoms with Gasteiger partial charge in [0.2, 0.25) is 0 Å². The fourth-order valence-corrected chi connectivity index (χ4v) is 2.88. The van der Waals surface area contributed by atoms with Gasteiger partial charge in [0.05, 0.1) is 92.5 Å². The van der Waals surface area contributed by atoms with Crippen molar-refractivity contribution in [2.75, 3.05) is 104 Å². The second-order valence-electron chi connectivity index (χ2n) is 6.82. The highest BCUT2D eigenvalue weighted by Gasteiger charge is 2.10. The lowest BCUT2D eigenvalue weighted by atomic mass is 9.98. The fraction of sp³-hybridized carbons (Fsp3) is 0.727. The first-order chi connectivity index (χ1) is 15.7. The lowest BCUT2D eigenvalue weighted by Gasteiger charge is -2.16. The Balaban J connectivity index is 2.21. The molecule has 1 rings (SSSR count). The van der Waals surface area contributed by atoms with Crippen LogP contribution in [0.15, 0.2) is 12.1 Å². The van der Waals surface area contributed by atoms with Gasteiger partial charge in [-0.1, -0.05) is 0 Å². The minimum Gasteiger partial charge on any atom is -0.398 e. The van der Waals surface area contributed by atoms with Gasteiger partial charge in [-0.2, -0.15) is 0 Å². The molecule has 0 atom stereocenters. The van der Waals surface area contributed by atoms with Gasteiger partial charge in [-0.3, -0.25) is 0 Å². The third-order valence-electron chi connectivity index (χ3n) is 4.46. The van der Waals surface area contributed by atoms with Gasteiger partial charge in [-0.15, -0.1) is 0 Å². The van der Waals surface area contributed by atoms with Crippen LogP contribution in [0.4, 0.5) is 11.4 Å². The van der Waals surface area contributed by atoms with Crippen LogP contribution in [0.3, 0.4) is 0 Å². The van der Waals surface area contributed by atoms with E-state index in [0.29, 0.717) is 103 Å². The average Bonchev–Trinajstić information content (AvgIpc) is 2.79. The van der Waals surface area contributed by atoms with E-state index in [9.17, 15) is 0 Å². The van der Waals surface area contributed by atoms with Gasteiger partial charge >= 0.3 is 0 Å². The Morgan fingerprint density at radius 3 is 1.06 bits per heavy atom. The Morgan fingerprint density at radius 1 is 0.469 bits per heavy atom. The van der Waals surface area contributed by atoms with Gasteiger partial charge in [0, 0.05) is 11.4 Å². The minimum absolute atomic E-state index is 0.0152. The van der Waals surface area contributed by atoms with Gasteiger partial charge in [-0.05, 0) is 36.1 Å². The molecular formula is C22H40N2O8. The molecular weight excluding hydrogens is 420 g/mol. The predicted molar refractivity (Wildman–Crippen MR) is 122 cm³/mol. The number of benzene rings is 1. The number of hydrogen-bond donors (Lipinski definition) is 4. The molecule has 6 N–H and O–H groups in total. The van der Waals surface area contributed by atoms with E-state index in [1.807, 2.05) is 12.1 Å². The first kappa shape index (κ1) is 28.5. The number of nitrogens with two attached hydrogens (primary N) is 2. The van der Waals surface area contributed by atoms with Crippen molar-refractivity contribution in [3.05, 3.63) is 23.3 Å². The summed E-state index contributed by atoms with van der Waals surface area (Å²) in [5, 5.41) is 17.2. The first-order valence-corrected chi connectivity index (χ1v) is 11.0. The van der Waals surface area contributed by atoms with Crippen LogP contribution < -0.4 is 11.5 Å². The monoisotopic (exact) mass is 460 g/mol. The van der Waals surface area contributed by atoms with Crippen LogP contribution in [0, 0.1) is 0 Å². The SMILES string of the molecule is Nc1ccc(N)c(CCOCCOCCOCCO)c1CCOCCOCCOCCO. The van der Waals surface area contributed by atoms with Crippen molar-refractivity contribution >= 4 is 11.4 Å². The Labute approximate surface area is 190 Å². The Morgan fingerprint density at radius 2 is 0.750 bits per heavy atom. The van der Waals surface area contributed by atoms with Crippen LogP contribution in [0.1, 0.15) is 11.1 Å². The summed E-state index contributed by atoms with van der Waals surface area (Å²) in [5.41, 5.74) is 15.7. The molecule has 1 aromatic carbocycles. The van der Waals surface area contributed by atoms with Crippen molar-refractivity contribution < 1.29 is 38.6 Å². The van der Waals surface area contributed by atoms with E-state index in [4.69, 9.17) is 50.1 Å². The molecule has 0 aliphatic heterocycles. The summed E-state index contributed by atoms with van der Waals surface area (Å²) in [6, 6.07) is 3.63. The first-order valence-electron chi connectivity index (χ1n) is 11.0. The molecule has 0 spiro atoms. The Bertz CT molecular complexity index is 528. The highest BCUT2D eigenvalue weighted by molar-refractivity contribution is 5.62. The van der Waals surface area contributed by atoms with Crippen LogP contribution in [-0.2, 0) is 41.3 Å². The summed E-state index contributed by atoms with van der Waals surface area (Å²) in [6.45, 7) is 5.46. The Kier molecular flexibility index (Phi) is 18.0. The number of rotatable bonds is 22. The van der Waals surface area contributed by atoms with Crippen LogP contribution in [-0.4, -0.2) is 103 Å². The summed E-state index contributed by atoms with van der Waals surface area (Å²) < 4.78 is 32.3. The average molecular weight is 461 g/mol. The van der Waals surface area contributed by atoms with E-state index in [-0.39, 0.29) is 13.2 Å². The number of nitrogen functional groups attached to an aromatic ring is 2. The zero-order valence-corrected chi connectivity index (χ0v) is 19.0. The summed E-state index contributed by atoms with van der Waals surface area (Å²) in [6.07, 6.45) is 1.31. The lowest BCUT2D eigenvalue weighted by molar-refractivity contribution is 0.00774. The van der Waals surface area contributed by atoms with E-state index in [2.05, 4.69) is 0 Å². The molecule has 0 saturated carbocycles. The maximum Gasteiger partial charge on any atom is 0.0701 e. The van der Waals surface area contributed by atoms with Gasteiger partial charge < -0.3 is 50.1 Å². The quantitative estimate of drug-likeness (QED) is 0.138. The maximum atomic E-state index is 8.61. The second-order valence-corrected chi connectivity index (χ2v) is 6.82. The largest absolute Gasteiger partial charge is 0.398 e. The molecule has 0 aliphatic rings. The molecule has 1 aromatic rings. The van der Waals surface area contributed by atoms with Gasteiger partial charge in [0.1, 0.15) is 0 Å². The second kappa shape index (κ2) is 20.1. The summed E-state index contributed by atoms with van der Waals surface area (Å²) in [7, 11) is 0. The zero-order valence-electron chi connectivity index (χ0n) is 19.0. The standard InChI is InChI=1S/C22H40N2O8/c23-21-1-2-22(24)20(4-8-28-12-16-32-18-14-30-10-6-26)19(21)3-7-27-11-15-31-17-13-29-9-5-25/h1-2,25-26H,3-18,23-24H2. The number of anilines is 2. The third kappa shape index (κ3) is 13.8. The molecule has 0 unspecified atom stereocenters. The van der Waals surface area contributed by atoms with Gasteiger partial charge in [-0.25, -0.2) is 0 Å². The third-order valence-corrected chi connectivity index (χ3v) is 4.46. The molecule has 186 valence electrons. The molecule has 0 fully saturated rings. The summed E-state index contributed by atoms with van der Waals surface area (Å²) in [5.74, 6) is 0. The molecule has 10 nitrogen and oxygen atoms in total. The molecule has 0 saturated heterocycles. The van der Waals surface area contributed by atoms with Crippen molar-refractivity contribution in [1.29, 1.82) is 0 Å². The van der Waals surface area contributed by atoms with E-state index in [0.717, 1.165) is 11.1 Å². The van der Waals surface area contributed by atoms with Gasteiger partial charge in [0.25, 0.3) is 0 Å². The number of hydrogen-bond acceptors (Lipinski definition) is 10. The van der Waals surface area contributed by atoms with Crippen molar-refractivity contribution in [3.8, 4) is 0 Å². The maximum absolute atomic E-state index is 8.61. The van der Waals surface area contributed by atoms with Crippen molar-refractivity contribution in [2.45, 2.75) is 12.8 Å². The van der Waals surface area contributed by atoms with Crippen LogP contribution in [0.5, 0.6) is 0 Å². The zero-order chi connectivity index (χ0) is 23.3. The molecule has 0 bridgehead atoms. The van der Waals surface area contributed by atoms with Crippen molar-refractivity contribution in [3.63, 3.8) is 0 Å². The minimum atomic E-state index is 0.0152. The smallest absolute Gasteiger partial charge is 0.0701 e. The van der Waals surface area contributed by atoms with Crippen LogP contribution in [0.2, 0.25) is 0 Å². The lowest BCUT2D eigenvalue weighted by Crippen LogP contribution is -2.14. The molecule has 10 heteroatoms. The normalized spacial score (nSPS) is 11.3. The molecule has 0 radical (unpaired) electrons. The van der Waals surface area contributed by atoms with E-state index < -0.39 is 0 Å². The van der Waals surface area contributed by atoms with Gasteiger partial charge in [0.15, 0.2) is 0 Å². The van der Waals surface area contributed by atoms with E-state index >= 15 is 0 Å². The van der Waals surface area contributed by atoms with Crippen LogP contribution in [0.25, 0.3) is 0 Å².